The normalized spacial score (nSPS) is 15.0. The maximum atomic E-state index is 13.1. The van der Waals surface area contributed by atoms with E-state index < -0.39 is 0 Å². The molecular formula is C19H19BrFN5O. The number of rotatable bonds is 4. The van der Waals surface area contributed by atoms with Crippen LogP contribution in [-0.4, -0.2) is 25.5 Å². The van der Waals surface area contributed by atoms with Crippen LogP contribution in [0.2, 0.25) is 0 Å². The molecule has 2 aromatic heterocycles. The number of aromatic nitrogens is 4. The molecule has 140 valence electrons. The highest BCUT2D eigenvalue weighted by molar-refractivity contribution is 9.10. The number of nitrogens with one attached hydrogen (secondary N) is 1. The summed E-state index contributed by atoms with van der Waals surface area (Å²) >= 11 is 3.39. The van der Waals surface area contributed by atoms with E-state index in [4.69, 9.17) is 0 Å². The van der Waals surface area contributed by atoms with Gasteiger partial charge in [0.1, 0.15) is 11.6 Å². The quantitative estimate of drug-likeness (QED) is 0.649. The second-order valence-corrected chi connectivity index (χ2v) is 7.51. The average Bonchev–Trinajstić information content (AvgIpc) is 3.29. The molecule has 2 heterocycles. The van der Waals surface area contributed by atoms with Crippen LogP contribution in [-0.2, 0) is 0 Å². The van der Waals surface area contributed by atoms with Gasteiger partial charge in [0.25, 0.3) is 5.91 Å². The van der Waals surface area contributed by atoms with Crippen molar-refractivity contribution >= 4 is 27.7 Å². The fourth-order valence-corrected chi connectivity index (χ4v) is 3.89. The summed E-state index contributed by atoms with van der Waals surface area (Å²) < 4.78 is 17.1. The Labute approximate surface area is 164 Å². The fraction of sp³-hybridized carbons (Fsp3) is 0.316. The summed E-state index contributed by atoms with van der Waals surface area (Å²) in [6, 6.07) is 8.05. The maximum Gasteiger partial charge on any atom is 0.278 e. The van der Waals surface area contributed by atoms with E-state index in [1.807, 2.05) is 4.68 Å². The minimum Gasteiger partial charge on any atom is -0.305 e. The monoisotopic (exact) mass is 431 g/mol. The summed E-state index contributed by atoms with van der Waals surface area (Å²) in [5, 5.41) is 11.7. The van der Waals surface area contributed by atoms with Crippen LogP contribution >= 0.6 is 15.9 Å². The third-order valence-electron chi connectivity index (χ3n) is 4.81. The van der Waals surface area contributed by atoms with Crippen molar-refractivity contribution in [2.75, 3.05) is 5.32 Å². The molecule has 8 heteroatoms. The number of benzene rings is 1. The molecular weight excluding hydrogens is 413 g/mol. The molecule has 0 spiro atoms. The van der Waals surface area contributed by atoms with Crippen molar-refractivity contribution in [3.8, 4) is 5.69 Å². The Morgan fingerprint density at radius 1 is 1.15 bits per heavy atom. The molecule has 1 aliphatic rings. The largest absolute Gasteiger partial charge is 0.305 e. The van der Waals surface area contributed by atoms with Crippen molar-refractivity contribution < 1.29 is 9.18 Å². The molecule has 1 aliphatic carbocycles. The van der Waals surface area contributed by atoms with Gasteiger partial charge in [-0.05, 0) is 53.0 Å². The van der Waals surface area contributed by atoms with Gasteiger partial charge in [0, 0.05) is 12.3 Å². The van der Waals surface area contributed by atoms with Gasteiger partial charge in [-0.15, -0.1) is 0 Å². The van der Waals surface area contributed by atoms with E-state index in [2.05, 4.69) is 31.4 Å². The molecule has 1 amide bonds. The summed E-state index contributed by atoms with van der Waals surface area (Å²) in [6.45, 7) is 0. The van der Waals surface area contributed by atoms with Crippen LogP contribution in [0.5, 0.6) is 0 Å². The third kappa shape index (κ3) is 3.80. The molecule has 1 fully saturated rings. The lowest BCUT2D eigenvalue weighted by Crippen LogP contribution is -2.20. The highest BCUT2D eigenvalue weighted by Crippen LogP contribution is 2.30. The molecule has 3 aromatic rings. The van der Waals surface area contributed by atoms with Gasteiger partial charge in [0.15, 0.2) is 5.69 Å². The third-order valence-corrected chi connectivity index (χ3v) is 5.39. The highest BCUT2D eigenvalue weighted by atomic mass is 79.9. The predicted molar refractivity (Wildman–Crippen MR) is 104 cm³/mol. The van der Waals surface area contributed by atoms with Gasteiger partial charge < -0.3 is 5.32 Å². The van der Waals surface area contributed by atoms with E-state index in [0.29, 0.717) is 22.0 Å². The van der Waals surface area contributed by atoms with Crippen molar-refractivity contribution in [2.45, 2.75) is 38.1 Å². The van der Waals surface area contributed by atoms with Gasteiger partial charge in [0.05, 0.1) is 22.4 Å². The van der Waals surface area contributed by atoms with Crippen LogP contribution in [0.15, 0.2) is 47.2 Å². The number of carbonyl (C=O) groups excluding carboxylic acids is 1. The zero-order chi connectivity index (χ0) is 18.8. The number of anilines is 1. The topological polar surface area (TPSA) is 64.7 Å². The van der Waals surface area contributed by atoms with Crippen LogP contribution in [0, 0.1) is 5.82 Å². The van der Waals surface area contributed by atoms with E-state index in [-0.39, 0.29) is 17.4 Å². The van der Waals surface area contributed by atoms with Gasteiger partial charge in [-0.3, -0.25) is 4.79 Å². The standard InChI is InChI=1S/C19H19BrFN5O/c20-16-12-25(14-8-6-13(21)7-9-14)24-18(16)19(27)23-17-10-11-22-26(17)15-4-2-1-3-5-15/h6-12,15H,1-5H2,(H,23,27). The fourth-order valence-electron chi connectivity index (χ4n) is 3.44. The zero-order valence-electron chi connectivity index (χ0n) is 14.6. The summed E-state index contributed by atoms with van der Waals surface area (Å²) in [5.41, 5.74) is 0.930. The van der Waals surface area contributed by atoms with Gasteiger partial charge in [-0.2, -0.15) is 10.2 Å². The molecule has 1 aromatic carbocycles. The Hall–Kier alpha value is -2.48. The van der Waals surface area contributed by atoms with E-state index >= 15 is 0 Å². The van der Waals surface area contributed by atoms with Crippen LogP contribution in [0.1, 0.15) is 48.6 Å². The van der Waals surface area contributed by atoms with Crippen molar-refractivity contribution in [2.24, 2.45) is 0 Å². The SMILES string of the molecule is O=C(Nc1ccnn1C1CCCCC1)c1nn(-c2ccc(F)cc2)cc1Br. The number of carbonyl (C=O) groups is 1. The van der Waals surface area contributed by atoms with Crippen LogP contribution < -0.4 is 5.32 Å². The second kappa shape index (κ2) is 7.64. The summed E-state index contributed by atoms with van der Waals surface area (Å²) in [4.78, 5) is 12.7. The van der Waals surface area contributed by atoms with E-state index in [9.17, 15) is 9.18 Å². The van der Waals surface area contributed by atoms with Crippen LogP contribution in [0.4, 0.5) is 10.2 Å². The van der Waals surface area contributed by atoms with Gasteiger partial charge in [0.2, 0.25) is 0 Å². The number of nitrogens with zero attached hydrogens (tertiary/aromatic N) is 4. The molecule has 27 heavy (non-hydrogen) atoms. The molecule has 0 atom stereocenters. The van der Waals surface area contributed by atoms with Gasteiger partial charge in [-0.25, -0.2) is 13.8 Å². The molecule has 0 radical (unpaired) electrons. The average molecular weight is 432 g/mol. The number of halogens is 2. The Bertz CT molecular complexity index is 943. The van der Waals surface area contributed by atoms with Crippen molar-refractivity contribution in [3.05, 3.63) is 58.7 Å². The predicted octanol–water partition coefficient (Wildman–Crippen LogP) is 4.73. The minimum atomic E-state index is -0.320. The number of hydrogen-bond acceptors (Lipinski definition) is 3. The molecule has 1 saturated carbocycles. The molecule has 1 N–H and O–H groups in total. The van der Waals surface area contributed by atoms with E-state index in [1.165, 1.54) is 36.1 Å². The highest BCUT2D eigenvalue weighted by Gasteiger charge is 2.21. The van der Waals surface area contributed by atoms with Crippen LogP contribution in [0.25, 0.3) is 5.69 Å². The maximum absolute atomic E-state index is 13.1. The summed E-state index contributed by atoms with van der Waals surface area (Å²) in [5.74, 6) is 0.0364. The first-order valence-electron chi connectivity index (χ1n) is 8.98. The number of hydrogen-bond donors (Lipinski definition) is 1. The molecule has 4 rings (SSSR count). The van der Waals surface area contributed by atoms with Gasteiger partial charge >= 0.3 is 0 Å². The Morgan fingerprint density at radius 2 is 1.89 bits per heavy atom. The molecule has 6 nitrogen and oxygen atoms in total. The molecule has 0 bridgehead atoms. The summed E-state index contributed by atoms with van der Waals surface area (Å²) in [7, 11) is 0. The molecule has 0 unspecified atom stereocenters. The Morgan fingerprint density at radius 3 is 2.63 bits per heavy atom. The smallest absolute Gasteiger partial charge is 0.278 e. The van der Waals surface area contributed by atoms with Crippen molar-refractivity contribution in [3.63, 3.8) is 0 Å². The molecule has 0 saturated heterocycles. The summed E-state index contributed by atoms with van der Waals surface area (Å²) in [6.07, 6.45) is 9.17. The van der Waals surface area contributed by atoms with Gasteiger partial charge in [-0.1, -0.05) is 19.3 Å². The Kier molecular flexibility index (Phi) is 5.07. The van der Waals surface area contributed by atoms with Crippen molar-refractivity contribution in [1.29, 1.82) is 0 Å². The Balaban J connectivity index is 1.54. The van der Waals surface area contributed by atoms with Crippen molar-refractivity contribution in [1.82, 2.24) is 19.6 Å². The number of amides is 1. The molecule has 0 aliphatic heterocycles. The van der Waals surface area contributed by atoms with E-state index in [1.54, 1.807) is 30.6 Å². The lowest BCUT2D eigenvalue weighted by atomic mass is 9.96. The lowest BCUT2D eigenvalue weighted by molar-refractivity contribution is 0.101. The van der Waals surface area contributed by atoms with Crippen LogP contribution in [0.3, 0.4) is 0 Å². The first kappa shape index (κ1) is 17.9. The minimum absolute atomic E-state index is 0.260. The first-order valence-corrected chi connectivity index (χ1v) is 9.77. The first-order chi connectivity index (χ1) is 13.1. The lowest BCUT2D eigenvalue weighted by Gasteiger charge is -2.23. The zero-order valence-corrected chi connectivity index (χ0v) is 16.2. The van der Waals surface area contributed by atoms with E-state index in [0.717, 1.165) is 12.8 Å². The second-order valence-electron chi connectivity index (χ2n) is 6.65.